The number of thiophene rings is 2. The minimum atomic E-state index is -0.269. The highest BCUT2D eigenvalue weighted by molar-refractivity contribution is 9.10. The molecular formula is C15H10BrClFNS2. The largest absolute Gasteiger partial charge is 0.372 e. The fourth-order valence-electron chi connectivity index (χ4n) is 1.99. The number of nitrogens with one attached hydrogen (secondary N) is 1. The molecule has 0 bridgehead atoms. The van der Waals surface area contributed by atoms with Crippen LogP contribution in [-0.2, 0) is 0 Å². The lowest BCUT2D eigenvalue weighted by Crippen LogP contribution is -2.10. The van der Waals surface area contributed by atoms with Crippen LogP contribution >= 0.6 is 50.2 Å². The van der Waals surface area contributed by atoms with Gasteiger partial charge in [0.15, 0.2) is 0 Å². The Kier molecular flexibility index (Phi) is 4.64. The Morgan fingerprint density at radius 3 is 2.67 bits per heavy atom. The zero-order chi connectivity index (χ0) is 14.8. The molecule has 0 fully saturated rings. The summed E-state index contributed by atoms with van der Waals surface area (Å²) >= 11 is 12.7. The van der Waals surface area contributed by atoms with Crippen LogP contribution < -0.4 is 5.32 Å². The number of hydrogen-bond acceptors (Lipinski definition) is 3. The van der Waals surface area contributed by atoms with Crippen molar-refractivity contribution < 1.29 is 4.39 Å². The molecule has 0 saturated heterocycles. The standard InChI is InChI=1S/C15H10BrClFNS2/c16-10-4-3-9(18)8-11(10)19-15(12-2-1-7-20-12)13-5-6-14(17)21-13/h1-8,15,19H. The highest BCUT2D eigenvalue weighted by Crippen LogP contribution is 2.37. The molecule has 6 heteroatoms. The molecule has 108 valence electrons. The molecule has 1 unspecified atom stereocenters. The van der Waals surface area contributed by atoms with E-state index in [2.05, 4.69) is 27.3 Å². The Balaban J connectivity index is 1.98. The average Bonchev–Trinajstić information content (AvgIpc) is 3.11. The summed E-state index contributed by atoms with van der Waals surface area (Å²) in [6.45, 7) is 0. The van der Waals surface area contributed by atoms with Gasteiger partial charge in [0.1, 0.15) is 5.82 Å². The summed E-state index contributed by atoms with van der Waals surface area (Å²) in [5.41, 5.74) is 0.720. The molecule has 1 aromatic carbocycles. The molecule has 1 N–H and O–H groups in total. The van der Waals surface area contributed by atoms with Crippen molar-refractivity contribution in [2.75, 3.05) is 5.32 Å². The molecule has 3 rings (SSSR count). The fourth-order valence-corrected chi connectivity index (χ4v) is 4.35. The van der Waals surface area contributed by atoms with Gasteiger partial charge >= 0.3 is 0 Å². The van der Waals surface area contributed by atoms with E-state index in [0.717, 1.165) is 24.3 Å². The van der Waals surface area contributed by atoms with Gasteiger partial charge in [-0.15, -0.1) is 22.7 Å². The maximum Gasteiger partial charge on any atom is 0.125 e. The van der Waals surface area contributed by atoms with Crippen molar-refractivity contribution in [2.45, 2.75) is 6.04 Å². The number of anilines is 1. The van der Waals surface area contributed by atoms with Gasteiger partial charge in [-0.2, -0.15) is 0 Å². The van der Waals surface area contributed by atoms with Crippen LogP contribution in [0.1, 0.15) is 15.8 Å². The Morgan fingerprint density at radius 2 is 2.00 bits per heavy atom. The predicted octanol–water partition coefficient (Wildman–Crippen LogP) is 6.57. The monoisotopic (exact) mass is 401 g/mol. The number of rotatable bonds is 4. The zero-order valence-corrected chi connectivity index (χ0v) is 14.6. The molecule has 21 heavy (non-hydrogen) atoms. The molecule has 3 aromatic rings. The Morgan fingerprint density at radius 1 is 1.14 bits per heavy atom. The van der Waals surface area contributed by atoms with Crippen molar-refractivity contribution >= 4 is 55.9 Å². The highest BCUT2D eigenvalue weighted by Gasteiger charge is 2.18. The number of benzene rings is 1. The van der Waals surface area contributed by atoms with Crippen molar-refractivity contribution in [3.8, 4) is 0 Å². The van der Waals surface area contributed by atoms with E-state index in [4.69, 9.17) is 11.6 Å². The average molecular weight is 403 g/mol. The van der Waals surface area contributed by atoms with Crippen LogP contribution in [0.3, 0.4) is 0 Å². The van der Waals surface area contributed by atoms with E-state index in [-0.39, 0.29) is 11.9 Å². The van der Waals surface area contributed by atoms with Gasteiger partial charge in [-0.3, -0.25) is 0 Å². The van der Waals surface area contributed by atoms with Crippen LogP contribution in [0.5, 0.6) is 0 Å². The van der Waals surface area contributed by atoms with Crippen LogP contribution in [-0.4, -0.2) is 0 Å². The van der Waals surface area contributed by atoms with Crippen LogP contribution in [0.25, 0.3) is 0 Å². The Labute approximate surface area is 143 Å². The van der Waals surface area contributed by atoms with E-state index in [9.17, 15) is 4.39 Å². The SMILES string of the molecule is Fc1ccc(Br)c(NC(c2cccs2)c2ccc(Cl)s2)c1. The molecule has 2 aromatic heterocycles. The topological polar surface area (TPSA) is 12.0 Å². The first-order valence-corrected chi connectivity index (χ1v) is 9.00. The lowest BCUT2D eigenvalue weighted by Gasteiger charge is -2.18. The normalized spacial score (nSPS) is 12.3. The summed E-state index contributed by atoms with van der Waals surface area (Å²) in [5, 5.41) is 5.42. The first kappa shape index (κ1) is 15.0. The molecule has 0 aliphatic heterocycles. The van der Waals surface area contributed by atoms with Crippen molar-refractivity contribution in [1.29, 1.82) is 0 Å². The van der Waals surface area contributed by atoms with Crippen LogP contribution in [0.15, 0.2) is 52.3 Å². The molecule has 0 amide bonds. The zero-order valence-electron chi connectivity index (χ0n) is 10.6. The van der Waals surface area contributed by atoms with Crippen molar-refractivity contribution in [3.63, 3.8) is 0 Å². The summed E-state index contributed by atoms with van der Waals surface area (Å²) in [5.74, 6) is -0.269. The number of halogens is 3. The molecule has 1 atom stereocenters. The van der Waals surface area contributed by atoms with E-state index in [1.165, 1.54) is 23.5 Å². The smallest absolute Gasteiger partial charge is 0.125 e. The van der Waals surface area contributed by atoms with Gasteiger partial charge in [0.05, 0.1) is 16.1 Å². The second-order valence-corrected chi connectivity index (χ2v) is 7.94. The summed E-state index contributed by atoms with van der Waals surface area (Å²) in [6.07, 6.45) is 0. The minimum Gasteiger partial charge on any atom is -0.372 e. The van der Waals surface area contributed by atoms with E-state index in [1.807, 2.05) is 23.6 Å². The molecule has 0 aliphatic carbocycles. The molecule has 1 nitrogen and oxygen atoms in total. The maximum atomic E-state index is 13.5. The third-order valence-electron chi connectivity index (χ3n) is 2.93. The Hall–Kier alpha value is -0.880. The predicted molar refractivity (Wildman–Crippen MR) is 93.2 cm³/mol. The van der Waals surface area contributed by atoms with Gasteiger partial charge in [0, 0.05) is 14.2 Å². The molecule has 0 saturated carbocycles. The maximum absolute atomic E-state index is 13.5. The second-order valence-electron chi connectivity index (χ2n) is 4.36. The van der Waals surface area contributed by atoms with Gasteiger partial charge in [-0.05, 0) is 57.7 Å². The van der Waals surface area contributed by atoms with Crippen LogP contribution in [0, 0.1) is 5.82 Å². The Bertz CT molecular complexity index is 742. The second kappa shape index (κ2) is 6.48. The lowest BCUT2D eigenvalue weighted by atomic mass is 10.2. The quantitative estimate of drug-likeness (QED) is 0.520. The third kappa shape index (κ3) is 3.48. The van der Waals surface area contributed by atoms with Crippen molar-refractivity contribution in [3.05, 3.63) is 72.2 Å². The highest BCUT2D eigenvalue weighted by atomic mass is 79.9. The summed E-state index contributed by atoms with van der Waals surface area (Å²) in [6, 6.07) is 12.5. The molecular weight excluding hydrogens is 393 g/mol. The molecule has 2 heterocycles. The van der Waals surface area contributed by atoms with Gasteiger partial charge in [-0.25, -0.2) is 4.39 Å². The van der Waals surface area contributed by atoms with E-state index < -0.39 is 0 Å². The number of hydrogen-bond donors (Lipinski definition) is 1. The van der Waals surface area contributed by atoms with Gasteiger partial charge < -0.3 is 5.32 Å². The van der Waals surface area contributed by atoms with Gasteiger partial charge in [-0.1, -0.05) is 17.7 Å². The summed E-state index contributed by atoms with van der Waals surface area (Å²) in [7, 11) is 0. The van der Waals surface area contributed by atoms with E-state index in [1.54, 1.807) is 17.4 Å². The van der Waals surface area contributed by atoms with Crippen LogP contribution in [0.2, 0.25) is 4.34 Å². The summed E-state index contributed by atoms with van der Waals surface area (Å²) < 4.78 is 15.0. The van der Waals surface area contributed by atoms with Crippen molar-refractivity contribution in [2.24, 2.45) is 0 Å². The van der Waals surface area contributed by atoms with E-state index >= 15 is 0 Å². The first-order valence-electron chi connectivity index (χ1n) is 6.14. The van der Waals surface area contributed by atoms with Crippen LogP contribution in [0.4, 0.5) is 10.1 Å². The third-order valence-corrected chi connectivity index (χ3v) is 5.86. The lowest BCUT2D eigenvalue weighted by molar-refractivity contribution is 0.628. The van der Waals surface area contributed by atoms with Gasteiger partial charge in [0.2, 0.25) is 0 Å². The van der Waals surface area contributed by atoms with Crippen molar-refractivity contribution in [1.82, 2.24) is 0 Å². The van der Waals surface area contributed by atoms with E-state index in [0.29, 0.717) is 0 Å². The fraction of sp³-hybridized carbons (Fsp3) is 0.0667. The van der Waals surface area contributed by atoms with Gasteiger partial charge in [0.25, 0.3) is 0 Å². The minimum absolute atomic E-state index is 0.0411. The molecule has 0 spiro atoms. The first-order chi connectivity index (χ1) is 10.1. The summed E-state index contributed by atoms with van der Waals surface area (Å²) in [4.78, 5) is 2.25. The molecule has 0 radical (unpaired) electrons. The molecule has 0 aliphatic rings.